The fourth-order valence-electron chi connectivity index (χ4n) is 0.263. The van der Waals surface area contributed by atoms with Crippen molar-refractivity contribution in [2.75, 3.05) is 6.61 Å². The van der Waals surface area contributed by atoms with E-state index < -0.39 is 12.1 Å². The van der Waals surface area contributed by atoms with Crippen LogP contribution in [0.5, 0.6) is 0 Å². The van der Waals surface area contributed by atoms with E-state index in [9.17, 15) is 18.0 Å². The van der Waals surface area contributed by atoms with Gasteiger partial charge in [-0.25, -0.2) is 4.79 Å². The average molecular weight is 216 g/mol. The number of ether oxygens (including phenoxy) is 1. The SMILES string of the molecule is CCOC(=O)CC.O=C(O)C(F)(F)F. The summed E-state index contributed by atoms with van der Waals surface area (Å²) in [5.74, 6) is -2.88. The summed E-state index contributed by atoms with van der Waals surface area (Å²) in [6.45, 7) is 4.07. The maximum atomic E-state index is 10.6. The van der Waals surface area contributed by atoms with Crippen LogP contribution in [0.1, 0.15) is 20.3 Å². The molecule has 0 rings (SSSR count). The average Bonchev–Trinajstić information content (AvgIpc) is 2.04. The van der Waals surface area contributed by atoms with Crippen LogP contribution >= 0.6 is 0 Å². The van der Waals surface area contributed by atoms with Gasteiger partial charge in [0.15, 0.2) is 0 Å². The Bertz CT molecular complexity index is 188. The molecule has 84 valence electrons. The summed E-state index contributed by atoms with van der Waals surface area (Å²) in [5.41, 5.74) is 0. The number of rotatable bonds is 2. The fourth-order valence-corrected chi connectivity index (χ4v) is 0.263. The predicted octanol–water partition coefficient (Wildman–Crippen LogP) is 1.59. The smallest absolute Gasteiger partial charge is 0.475 e. The molecule has 4 nitrogen and oxygen atoms in total. The quantitative estimate of drug-likeness (QED) is 0.712. The first kappa shape index (κ1) is 15.2. The lowest BCUT2D eigenvalue weighted by molar-refractivity contribution is -0.192. The van der Waals surface area contributed by atoms with E-state index in [4.69, 9.17) is 9.90 Å². The zero-order chi connectivity index (χ0) is 11.8. The van der Waals surface area contributed by atoms with E-state index in [1.165, 1.54) is 0 Å². The summed E-state index contributed by atoms with van der Waals surface area (Å²) in [4.78, 5) is 19.1. The lowest BCUT2D eigenvalue weighted by Gasteiger charge is -1.93. The second-order valence-corrected chi connectivity index (χ2v) is 1.96. The van der Waals surface area contributed by atoms with Gasteiger partial charge in [0.05, 0.1) is 6.61 Å². The number of halogens is 3. The summed E-state index contributed by atoms with van der Waals surface area (Å²) in [6, 6.07) is 0. The van der Waals surface area contributed by atoms with Crippen molar-refractivity contribution < 1.29 is 32.6 Å². The molecule has 0 fully saturated rings. The first-order valence-corrected chi connectivity index (χ1v) is 3.71. The molecule has 7 heteroatoms. The van der Waals surface area contributed by atoms with Crippen molar-refractivity contribution >= 4 is 11.9 Å². The van der Waals surface area contributed by atoms with Gasteiger partial charge in [0.25, 0.3) is 0 Å². The summed E-state index contributed by atoms with van der Waals surface area (Å²) in [5, 5.41) is 7.12. The Morgan fingerprint density at radius 1 is 1.29 bits per heavy atom. The molecule has 0 aliphatic heterocycles. The molecule has 0 bridgehead atoms. The lowest BCUT2D eigenvalue weighted by atomic mass is 10.5. The van der Waals surface area contributed by atoms with Crippen LogP contribution in [0.25, 0.3) is 0 Å². The van der Waals surface area contributed by atoms with Crippen molar-refractivity contribution in [3.05, 3.63) is 0 Å². The first-order chi connectivity index (χ1) is 6.25. The minimum Gasteiger partial charge on any atom is -0.475 e. The minimum absolute atomic E-state index is 0.123. The Morgan fingerprint density at radius 3 is 1.71 bits per heavy atom. The van der Waals surface area contributed by atoms with Crippen molar-refractivity contribution in [2.24, 2.45) is 0 Å². The monoisotopic (exact) mass is 216 g/mol. The molecule has 0 aromatic carbocycles. The van der Waals surface area contributed by atoms with E-state index in [1.807, 2.05) is 0 Å². The highest BCUT2D eigenvalue weighted by atomic mass is 19.4. The molecule has 0 aliphatic rings. The van der Waals surface area contributed by atoms with Gasteiger partial charge >= 0.3 is 18.1 Å². The van der Waals surface area contributed by atoms with Crippen molar-refractivity contribution in [1.82, 2.24) is 0 Å². The molecular weight excluding hydrogens is 205 g/mol. The predicted molar refractivity (Wildman–Crippen MR) is 40.6 cm³/mol. The minimum atomic E-state index is -5.08. The van der Waals surface area contributed by atoms with E-state index in [2.05, 4.69) is 4.74 Å². The molecule has 0 unspecified atom stereocenters. The van der Waals surface area contributed by atoms with Gasteiger partial charge in [0.2, 0.25) is 0 Å². The zero-order valence-corrected chi connectivity index (χ0v) is 7.72. The molecule has 0 heterocycles. The zero-order valence-electron chi connectivity index (χ0n) is 7.72. The molecule has 0 aromatic heterocycles. The third kappa shape index (κ3) is 10.7. The van der Waals surface area contributed by atoms with E-state index in [1.54, 1.807) is 13.8 Å². The largest absolute Gasteiger partial charge is 0.490 e. The fraction of sp³-hybridized carbons (Fsp3) is 0.714. The van der Waals surface area contributed by atoms with Gasteiger partial charge in [-0.15, -0.1) is 0 Å². The van der Waals surface area contributed by atoms with Crippen LogP contribution in [0.2, 0.25) is 0 Å². The second-order valence-electron chi connectivity index (χ2n) is 1.96. The van der Waals surface area contributed by atoms with Gasteiger partial charge in [-0.05, 0) is 6.92 Å². The molecule has 0 radical (unpaired) electrons. The van der Waals surface area contributed by atoms with Gasteiger partial charge in [-0.3, -0.25) is 4.79 Å². The molecular formula is C7H11F3O4. The highest BCUT2D eigenvalue weighted by Crippen LogP contribution is 2.13. The number of aliphatic carboxylic acids is 1. The maximum absolute atomic E-state index is 10.6. The Hall–Kier alpha value is -1.27. The van der Waals surface area contributed by atoms with Crippen LogP contribution in [-0.4, -0.2) is 29.8 Å². The second kappa shape index (κ2) is 7.16. The summed E-state index contributed by atoms with van der Waals surface area (Å²) < 4.78 is 36.3. The van der Waals surface area contributed by atoms with Gasteiger partial charge in [-0.2, -0.15) is 13.2 Å². The third-order valence-corrected chi connectivity index (χ3v) is 0.837. The first-order valence-electron chi connectivity index (χ1n) is 3.71. The molecule has 0 spiro atoms. The number of carbonyl (C=O) groups is 2. The topological polar surface area (TPSA) is 63.6 Å². The molecule has 1 N–H and O–H groups in total. The van der Waals surface area contributed by atoms with Crippen LogP contribution < -0.4 is 0 Å². The number of carboxylic acid groups (broad SMARTS) is 1. The molecule has 14 heavy (non-hydrogen) atoms. The normalized spacial score (nSPS) is 9.79. The van der Waals surface area contributed by atoms with Gasteiger partial charge in [-0.1, -0.05) is 6.92 Å². The third-order valence-electron chi connectivity index (χ3n) is 0.837. The lowest BCUT2D eigenvalue weighted by Crippen LogP contribution is -2.21. The van der Waals surface area contributed by atoms with Crippen LogP contribution in [0.3, 0.4) is 0 Å². The van der Waals surface area contributed by atoms with Crippen molar-refractivity contribution in [1.29, 1.82) is 0 Å². The van der Waals surface area contributed by atoms with Gasteiger partial charge in [0, 0.05) is 6.42 Å². The Balaban J connectivity index is 0. The number of esters is 1. The standard InChI is InChI=1S/C5H10O2.C2HF3O2/c1-3-5(6)7-4-2;3-2(4,5)1(6)7/h3-4H2,1-2H3;(H,6,7). The van der Waals surface area contributed by atoms with Crippen LogP contribution in [-0.2, 0) is 14.3 Å². The van der Waals surface area contributed by atoms with Crippen molar-refractivity contribution in [3.63, 3.8) is 0 Å². The highest BCUT2D eigenvalue weighted by molar-refractivity contribution is 5.73. The van der Waals surface area contributed by atoms with Crippen molar-refractivity contribution in [3.8, 4) is 0 Å². The molecule has 0 saturated carbocycles. The molecule has 0 amide bonds. The number of alkyl halides is 3. The van der Waals surface area contributed by atoms with Crippen LogP contribution in [0.4, 0.5) is 13.2 Å². The number of hydrogen-bond acceptors (Lipinski definition) is 3. The number of hydrogen-bond donors (Lipinski definition) is 1. The molecule has 0 aliphatic carbocycles. The summed E-state index contributed by atoms with van der Waals surface area (Å²) >= 11 is 0. The van der Waals surface area contributed by atoms with E-state index in [-0.39, 0.29) is 5.97 Å². The molecule has 0 atom stereocenters. The Morgan fingerprint density at radius 2 is 1.64 bits per heavy atom. The molecule has 0 aromatic rings. The Labute approximate surface area is 78.7 Å². The van der Waals surface area contributed by atoms with E-state index >= 15 is 0 Å². The Kier molecular flexibility index (Phi) is 7.78. The molecule has 0 saturated heterocycles. The highest BCUT2D eigenvalue weighted by Gasteiger charge is 2.38. The van der Waals surface area contributed by atoms with Crippen molar-refractivity contribution in [2.45, 2.75) is 26.4 Å². The van der Waals surface area contributed by atoms with Crippen LogP contribution in [0, 0.1) is 0 Å². The summed E-state index contributed by atoms with van der Waals surface area (Å²) in [6.07, 6.45) is -4.60. The van der Waals surface area contributed by atoms with E-state index in [0.717, 1.165) is 0 Å². The number of carboxylic acids is 1. The van der Waals surface area contributed by atoms with Gasteiger partial charge in [0.1, 0.15) is 0 Å². The summed E-state index contributed by atoms with van der Waals surface area (Å²) in [7, 11) is 0. The van der Waals surface area contributed by atoms with E-state index in [0.29, 0.717) is 13.0 Å². The van der Waals surface area contributed by atoms with Gasteiger partial charge < -0.3 is 9.84 Å². The maximum Gasteiger partial charge on any atom is 0.490 e. The van der Waals surface area contributed by atoms with Crippen LogP contribution in [0.15, 0.2) is 0 Å². The number of carbonyl (C=O) groups excluding carboxylic acids is 1.